The molecule has 0 aliphatic heterocycles. The van der Waals surface area contributed by atoms with Gasteiger partial charge < -0.3 is 20.1 Å². The smallest absolute Gasteiger partial charge is 0.329 e. The van der Waals surface area contributed by atoms with Gasteiger partial charge in [-0.1, -0.05) is 24.3 Å². The molecule has 3 aromatic rings. The van der Waals surface area contributed by atoms with Crippen molar-refractivity contribution in [2.45, 2.75) is 13.8 Å². The zero-order valence-electron chi connectivity index (χ0n) is 19.6. The Labute approximate surface area is 203 Å². The van der Waals surface area contributed by atoms with E-state index in [9.17, 15) is 14.4 Å². The number of rotatable bonds is 8. The highest BCUT2D eigenvalue weighted by molar-refractivity contribution is 6.39. The number of benzene rings is 3. The maximum Gasteiger partial charge on any atom is 0.329 e. The summed E-state index contributed by atoms with van der Waals surface area (Å²) in [5.74, 6) is -1.09. The average molecular weight is 475 g/mol. The van der Waals surface area contributed by atoms with Crippen LogP contribution in [0.5, 0.6) is 11.5 Å². The summed E-state index contributed by atoms with van der Waals surface area (Å²) in [4.78, 5) is 36.2. The highest BCUT2D eigenvalue weighted by atomic mass is 16.5. The minimum absolute atomic E-state index is 0.172. The van der Waals surface area contributed by atoms with E-state index >= 15 is 0 Å². The number of hydrogen-bond donors (Lipinski definition) is 3. The lowest BCUT2D eigenvalue weighted by atomic mass is 10.1. The number of carbonyl (C=O) groups is 3. The summed E-state index contributed by atoms with van der Waals surface area (Å²) in [6.07, 6.45) is 1.36. The van der Waals surface area contributed by atoms with E-state index in [0.29, 0.717) is 28.4 Å². The molecule has 0 heterocycles. The molecule has 0 saturated heterocycles. The molecule has 0 saturated carbocycles. The summed E-state index contributed by atoms with van der Waals surface area (Å²) < 4.78 is 10.6. The molecule has 0 aliphatic rings. The van der Waals surface area contributed by atoms with Crippen molar-refractivity contribution in [2.24, 2.45) is 5.10 Å². The van der Waals surface area contributed by atoms with E-state index in [1.165, 1.54) is 13.3 Å². The lowest BCUT2D eigenvalue weighted by molar-refractivity contribution is -0.136. The zero-order chi connectivity index (χ0) is 25.2. The van der Waals surface area contributed by atoms with Gasteiger partial charge in [-0.05, 0) is 66.9 Å². The first-order valence-corrected chi connectivity index (χ1v) is 10.7. The van der Waals surface area contributed by atoms with E-state index in [4.69, 9.17) is 9.47 Å². The Morgan fingerprint density at radius 3 is 2.29 bits per heavy atom. The Bertz CT molecular complexity index is 1240. The predicted molar refractivity (Wildman–Crippen MR) is 134 cm³/mol. The fraction of sp³-hybridized carbons (Fsp3) is 0.154. The molecule has 3 N–H and O–H groups in total. The number of ether oxygens (including phenoxy) is 2. The third kappa shape index (κ3) is 8.01. The van der Waals surface area contributed by atoms with Crippen LogP contribution in [0.25, 0.3) is 0 Å². The molecule has 0 atom stereocenters. The van der Waals surface area contributed by atoms with Crippen LogP contribution < -0.4 is 25.5 Å². The Hall–Kier alpha value is -4.66. The standard InChI is InChI=1S/C26H26N4O5/c1-17-10-18(2)12-21(11-17)28-24(31)16-35-23-9-4-6-19(13-23)15-27-30-26(33)25(32)29-20-7-5-8-22(14-20)34-3/h4-15H,16H2,1-3H3,(H,28,31)(H,29,32)(H,30,33)/b27-15-. The number of aryl methyl sites for hydroxylation is 2. The summed E-state index contributed by atoms with van der Waals surface area (Å²) >= 11 is 0. The van der Waals surface area contributed by atoms with Gasteiger partial charge in [-0.15, -0.1) is 0 Å². The van der Waals surface area contributed by atoms with Gasteiger partial charge in [0.05, 0.1) is 13.3 Å². The molecule has 35 heavy (non-hydrogen) atoms. The van der Waals surface area contributed by atoms with Gasteiger partial charge >= 0.3 is 11.8 Å². The second-order valence-corrected chi connectivity index (χ2v) is 7.67. The lowest BCUT2D eigenvalue weighted by Crippen LogP contribution is -2.32. The van der Waals surface area contributed by atoms with Crippen molar-refractivity contribution in [1.29, 1.82) is 0 Å². The molecule has 0 aliphatic carbocycles. The van der Waals surface area contributed by atoms with Crippen molar-refractivity contribution in [1.82, 2.24) is 5.43 Å². The van der Waals surface area contributed by atoms with Crippen LogP contribution in [0.1, 0.15) is 16.7 Å². The average Bonchev–Trinajstić information content (AvgIpc) is 2.82. The molecule has 3 aromatic carbocycles. The minimum Gasteiger partial charge on any atom is -0.497 e. The maximum absolute atomic E-state index is 12.2. The van der Waals surface area contributed by atoms with Crippen molar-refractivity contribution < 1.29 is 23.9 Å². The first kappa shape index (κ1) is 25.0. The minimum atomic E-state index is -0.931. The van der Waals surface area contributed by atoms with Crippen LogP contribution in [-0.2, 0) is 14.4 Å². The molecule has 3 rings (SSSR count). The number of hydrogen-bond acceptors (Lipinski definition) is 6. The van der Waals surface area contributed by atoms with Gasteiger partial charge in [0.2, 0.25) is 0 Å². The van der Waals surface area contributed by atoms with Crippen LogP contribution in [0.4, 0.5) is 11.4 Å². The molecule has 180 valence electrons. The highest BCUT2D eigenvalue weighted by Gasteiger charge is 2.13. The Balaban J connectivity index is 1.49. The molecule has 0 radical (unpaired) electrons. The van der Waals surface area contributed by atoms with Gasteiger partial charge in [0.25, 0.3) is 5.91 Å². The number of hydrazone groups is 1. The number of amides is 3. The van der Waals surface area contributed by atoms with Crippen molar-refractivity contribution in [2.75, 3.05) is 24.4 Å². The van der Waals surface area contributed by atoms with Gasteiger partial charge in [0.1, 0.15) is 11.5 Å². The molecule has 3 amide bonds. The van der Waals surface area contributed by atoms with Crippen LogP contribution in [0, 0.1) is 13.8 Å². The lowest BCUT2D eigenvalue weighted by Gasteiger charge is -2.09. The number of nitrogens with one attached hydrogen (secondary N) is 3. The molecule has 0 fully saturated rings. The number of methoxy groups -OCH3 is 1. The van der Waals surface area contributed by atoms with Crippen molar-refractivity contribution in [3.63, 3.8) is 0 Å². The Kier molecular flexibility index (Phi) is 8.55. The maximum atomic E-state index is 12.2. The second kappa shape index (κ2) is 12.0. The van der Waals surface area contributed by atoms with Gasteiger partial charge in [0.15, 0.2) is 6.61 Å². The van der Waals surface area contributed by atoms with Gasteiger partial charge in [-0.3, -0.25) is 14.4 Å². The monoisotopic (exact) mass is 474 g/mol. The van der Waals surface area contributed by atoms with Crippen molar-refractivity contribution in [3.8, 4) is 11.5 Å². The van der Waals surface area contributed by atoms with E-state index in [-0.39, 0.29) is 12.5 Å². The molecule has 0 aromatic heterocycles. The number of carbonyl (C=O) groups excluding carboxylic acids is 3. The van der Waals surface area contributed by atoms with Crippen LogP contribution in [-0.4, -0.2) is 37.7 Å². The fourth-order valence-corrected chi connectivity index (χ4v) is 3.18. The predicted octanol–water partition coefficient (Wildman–Crippen LogP) is 3.42. The first-order chi connectivity index (χ1) is 16.8. The third-order valence-electron chi connectivity index (χ3n) is 4.65. The third-order valence-corrected chi connectivity index (χ3v) is 4.65. The zero-order valence-corrected chi connectivity index (χ0v) is 19.6. The van der Waals surface area contributed by atoms with E-state index < -0.39 is 11.8 Å². The van der Waals surface area contributed by atoms with E-state index in [1.807, 2.05) is 32.0 Å². The molecular formula is C26H26N4O5. The summed E-state index contributed by atoms with van der Waals surface area (Å²) in [6.45, 7) is 3.75. The van der Waals surface area contributed by atoms with Crippen LogP contribution in [0.15, 0.2) is 71.8 Å². The molecule has 0 spiro atoms. The first-order valence-electron chi connectivity index (χ1n) is 10.7. The Morgan fingerprint density at radius 2 is 1.54 bits per heavy atom. The van der Waals surface area contributed by atoms with Gasteiger partial charge in [-0.2, -0.15) is 5.10 Å². The second-order valence-electron chi connectivity index (χ2n) is 7.67. The number of nitrogens with zero attached hydrogens (tertiary/aromatic N) is 1. The van der Waals surface area contributed by atoms with Crippen LogP contribution >= 0.6 is 0 Å². The van der Waals surface area contributed by atoms with E-state index in [1.54, 1.807) is 48.5 Å². The SMILES string of the molecule is COc1cccc(NC(=O)C(=O)N/N=C\c2cccc(OCC(=O)Nc3cc(C)cc(C)c3)c2)c1. The van der Waals surface area contributed by atoms with E-state index in [0.717, 1.165) is 11.1 Å². The molecular weight excluding hydrogens is 448 g/mol. The topological polar surface area (TPSA) is 118 Å². The van der Waals surface area contributed by atoms with Crippen LogP contribution in [0.2, 0.25) is 0 Å². The highest BCUT2D eigenvalue weighted by Crippen LogP contribution is 2.17. The molecule has 9 heteroatoms. The summed E-state index contributed by atoms with van der Waals surface area (Å²) in [7, 11) is 1.50. The largest absolute Gasteiger partial charge is 0.497 e. The quantitative estimate of drug-likeness (QED) is 0.263. The Morgan fingerprint density at radius 1 is 0.829 bits per heavy atom. The van der Waals surface area contributed by atoms with Gasteiger partial charge in [0, 0.05) is 17.4 Å². The molecule has 0 unspecified atom stereocenters. The van der Waals surface area contributed by atoms with Gasteiger partial charge in [-0.25, -0.2) is 5.43 Å². The number of anilines is 2. The van der Waals surface area contributed by atoms with Crippen LogP contribution in [0.3, 0.4) is 0 Å². The molecule has 0 bridgehead atoms. The summed E-state index contributed by atoms with van der Waals surface area (Å²) in [5, 5.41) is 9.07. The normalized spacial score (nSPS) is 10.5. The summed E-state index contributed by atoms with van der Waals surface area (Å²) in [6, 6.07) is 19.2. The molecule has 9 nitrogen and oxygen atoms in total. The van der Waals surface area contributed by atoms with Crippen molar-refractivity contribution in [3.05, 3.63) is 83.4 Å². The summed E-state index contributed by atoms with van der Waals surface area (Å²) in [5.41, 5.74) is 6.01. The van der Waals surface area contributed by atoms with E-state index in [2.05, 4.69) is 21.2 Å². The van der Waals surface area contributed by atoms with Crippen molar-refractivity contribution >= 4 is 35.3 Å². The fourth-order valence-electron chi connectivity index (χ4n) is 3.18.